The molecular weight excluding hydrogens is 345 g/mol. The van der Waals surface area contributed by atoms with E-state index in [-0.39, 0.29) is 16.8 Å². The first kappa shape index (κ1) is 16.0. The van der Waals surface area contributed by atoms with Crippen LogP contribution in [0, 0.1) is 0 Å². The van der Waals surface area contributed by atoms with Crippen LogP contribution in [0.4, 0.5) is 4.79 Å². The van der Waals surface area contributed by atoms with Gasteiger partial charge in [-0.3, -0.25) is 9.63 Å². The van der Waals surface area contributed by atoms with E-state index in [0.29, 0.717) is 12.3 Å². The Hall–Kier alpha value is -0.0200. The number of oxime groups is 1. The first-order valence-corrected chi connectivity index (χ1v) is 7.63. The predicted molar refractivity (Wildman–Crippen MR) is 75.3 cm³/mol. The summed E-state index contributed by atoms with van der Waals surface area (Å²) < 4.78 is -1.52. The van der Waals surface area contributed by atoms with Gasteiger partial charge in [0.1, 0.15) is 0 Å². The maximum atomic E-state index is 11.2. The van der Waals surface area contributed by atoms with Crippen LogP contribution in [0.2, 0.25) is 0 Å². The Balaban J connectivity index is 2.28. The zero-order valence-electron chi connectivity index (χ0n) is 8.74. The fourth-order valence-corrected chi connectivity index (χ4v) is 2.35. The number of thioether (sulfide) groups is 2. The van der Waals surface area contributed by atoms with Crippen LogP contribution in [0.1, 0.15) is 0 Å². The van der Waals surface area contributed by atoms with E-state index in [9.17, 15) is 9.59 Å². The van der Waals surface area contributed by atoms with Crippen LogP contribution in [-0.4, -0.2) is 38.3 Å². The molecule has 0 aromatic heterocycles. The minimum atomic E-state index is -1.52. The van der Waals surface area contributed by atoms with Gasteiger partial charge in [0, 0.05) is 12.3 Å². The molecule has 11 heteroatoms. The summed E-state index contributed by atoms with van der Waals surface area (Å²) in [4.78, 5) is 26.9. The van der Waals surface area contributed by atoms with Gasteiger partial charge in [-0.15, -0.1) is 0 Å². The number of carbonyl (C=O) groups excluding carboxylic acids is 2. The van der Waals surface area contributed by atoms with E-state index in [1.54, 1.807) is 0 Å². The molecule has 0 atom stereocenters. The third kappa shape index (κ3) is 6.79. The van der Waals surface area contributed by atoms with Crippen molar-refractivity contribution in [3.63, 3.8) is 0 Å². The maximum absolute atomic E-state index is 11.2. The SMILES string of the molecule is O=C(NCSC(Cl)(Cl)Cl)ON=C1SCCNC1=O. The van der Waals surface area contributed by atoms with Crippen LogP contribution in [0.15, 0.2) is 5.16 Å². The van der Waals surface area contributed by atoms with Crippen LogP contribution in [0.25, 0.3) is 0 Å². The molecule has 0 unspecified atom stereocenters. The Morgan fingerprint density at radius 2 is 2.33 bits per heavy atom. The van der Waals surface area contributed by atoms with E-state index >= 15 is 0 Å². The van der Waals surface area contributed by atoms with Crippen molar-refractivity contribution in [3.8, 4) is 0 Å². The molecule has 1 heterocycles. The first-order valence-electron chi connectivity index (χ1n) is 4.53. The Morgan fingerprint density at radius 3 is 2.94 bits per heavy atom. The van der Waals surface area contributed by atoms with Gasteiger partial charge in [-0.1, -0.05) is 63.5 Å². The van der Waals surface area contributed by atoms with E-state index in [2.05, 4.69) is 20.6 Å². The summed E-state index contributed by atoms with van der Waals surface area (Å²) in [5, 5.41) is 8.38. The third-order valence-electron chi connectivity index (χ3n) is 1.48. The molecule has 1 aliphatic rings. The molecule has 1 saturated heterocycles. The van der Waals surface area contributed by atoms with Crippen molar-refractivity contribution >= 4 is 75.4 Å². The lowest BCUT2D eigenvalue weighted by Crippen LogP contribution is -2.36. The van der Waals surface area contributed by atoms with E-state index in [1.165, 1.54) is 11.8 Å². The highest BCUT2D eigenvalue weighted by Crippen LogP contribution is 2.37. The van der Waals surface area contributed by atoms with Crippen LogP contribution in [0.3, 0.4) is 0 Å². The van der Waals surface area contributed by atoms with Crippen molar-refractivity contribution in [1.82, 2.24) is 10.6 Å². The summed E-state index contributed by atoms with van der Waals surface area (Å²) in [6.45, 7) is 0.564. The summed E-state index contributed by atoms with van der Waals surface area (Å²) in [6, 6.07) is 0. The summed E-state index contributed by atoms with van der Waals surface area (Å²) in [5.41, 5.74) is 0. The minimum absolute atomic E-state index is 0.0412. The van der Waals surface area contributed by atoms with Gasteiger partial charge in [0.05, 0.1) is 5.88 Å². The van der Waals surface area contributed by atoms with Crippen molar-refractivity contribution in [3.05, 3.63) is 0 Å². The molecule has 0 bridgehead atoms. The highest BCUT2D eigenvalue weighted by molar-refractivity contribution is 8.15. The highest BCUT2D eigenvalue weighted by atomic mass is 35.6. The Bertz CT molecular complexity index is 362. The van der Waals surface area contributed by atoms with E-state index in [0.717, 1.165) is 11.8 Å². The van der Waals surface area contributed by atoms with Crippen LogP contribution >= 0.6 is 58.3 Å². The van der Waals surface area contributed by atoms with Crippen molar-refractivity contribution in [2.45, 2.75) is 3.12 Å². The lowest BCUT2D eigenvalue weighted by molar-refractivity contribution is -0.114. The Labute approximate surface area is 126 Å². The number of halogens is 3. The smallest absolute Gasteiger partial charge is 0.349 e. The molecule has 6 nitrogen and oxygen atoms in total. The molecule has 1 fully saturated rings. The molecule has 2 amide bonds. The zero-order valence-corrected chi connectivity index (χ0v) is 12.6. The van der Waals surface area contributed by atoms with Gasteiger partial charge in [0.25, 0.3) is 5.91 Å². The number of carbonyl (C=O) groups is 2. The second kappa shape index (κ2) is 7.54. The van der Waals surface area contributed by atoms with E-state index in [4.69, 9.17) is 34.8 Å². The molecule has 0 radical (unpaired) electrons. The van der Waals surface area contributed by atoms with Gasteiger partial charge in [-0.05, 0) is 0 Å². The predicted octanol–water partition coefficient (Wildman–Crippen LogP) is 1.91. The quantitative estimate of drug-likeness (QED) is 0.351. The zero-order chi connectivity index (χ0) is 13.6. The van der Waals surface area contributed by atoms with Gasteiger partial charge in [0.15, 0.2) is 0 Å². The molecule has 1 aliphatic heterocycles. The summed E-state index contributed by atoms with van der Waals surface area (Å²) >= 11 is 18.4. The van der Waals surface area contributed by atoms with E-state index in [1.807, 2.05) is 0 Å². The molecule has 102 valence electrons. The Morgan fingerprint density at radius 1 is 1.61 bits per heavy atom. The monoisotopic (exact) mass is 351 g/mol. The average Bonchev–Trinajstić information content (AvgIpc) is 2.26. The van der Waals surface area contributed by atoms with Crippen LogP contribution in [-0.2, 0) is 9.63 Å². The van der Waals surface area contributed by atoms with Gasteiger partial charge < -0.3 is 10.6 Å². The highest BCUT2D eigenvalue weighted by Gasteiger charge is 2.21. The summed E-state index contributed by atoms with van der Waals surface area (Å²) in [7, 11) is 0. The fourth-order valence-electron chi connectivity index (χ4n) is 0.813. The average molecular weight is 353 g/mol. The van der Waals surface area contributed by atoms with Crippen molar-refractivity contribution in [1.29, 1.82) is 0 Å². The molecular formula is C7H8Cl3N3O3S2. The second-order valence-electron chi connectivity index (χ2n) is 2.79. The molecule has 18 heavy (non-hydrogen) atoms. The van der Waals surface area contributed by atoms with Crippen molar-refractivity contribution < 1.29 is 14.4 Å². The molecule has 0 aromatic carbocycles. The lowest BCUT2D eigenvalue weighted by atomic mass is 10.6. The maximum Gasteiger partial charge on any atom is 0.434 e. The molecule has 2 N–H and O–H groups in total. The standard InChI is InChI=1S/C7H8Cl3N3O3S2/c8-7(9,10)18-3-12-6(15)16-13-5-4(14)11-1-2-17-5/h1-3H2,(H,11,14)(H,12,15). The van der Waals surface area contributed by atoms with Crippen LogP contribution in [0.5, 0.6) is 0 Å². The minimum Gasteiger partial charge on any atom is -0.349 e. The molecule has 0 saturated carbocycles. The normalized spacial score (nSPS) is 18.4. The number of rotatable bonds is 3. The summed E-state index contributed by atoms with van der Waals surface area (Å²) in [5.74, 6) is 0.354. The van der Waals surface area contributed by atoms with Crippen LogP contribution < -0.4 is 10.6 Å². The largest absolute Gasteiger partial charge is 0.434 e. The second-order valence-corrected chi connectivity index (χ2v) is 8.02. The van der Waals surface area contributed by atoms with Gasteiger partial charge >= 0.3 is 6.09 Å². The van der Waals surface area contributed by atoms with Gasteiger partial charge in [-0.2, -0.15) is 0 Å². The van der Waals surface area contributed by atoms with Gasteiger partial charge in [-0.25, -0.2) is 4.79 Å². The number of amides is 2. The number of hydrogen-bond donors (Lipinski definition) is 2. The Kier molecular flexibility index (Phi) is 6.72. The molecule has 0 aliphatic carbocycles. The topological polar surface area (TPSA) is 79.8 Å². The molecule has 0 aromatic rings. The van der Waals surface area contributed by atoms with E-state index < -0.39 is 9.22 Å². The lowest BCUT2D eigenvalue weighted by Gasteiger charge is -2.12. The fraction of sp³-hybridized carbons (Fsp3) is 0.571. The van der Waals surface area contributed by atoms with Crippen molar-refractivity contribution in [2.24, 2.45) is 5.16 Å². The van der Waals surface area contributed by atoms with Gasteiger partial charge in [0.2, 0.25) is 8.17 Å². The number of nitrogens with zero attached hydrogens (tertiary/aromatic N) is 1. The number of hydrogen-bond acceptors (Lipinski definition) is 6. The third-order valence-corrected chi connectivity index (χ3v) is 4.02. The summed E-state index contributed by atoms with van der Waals surface area (Å²) in [6.07, 6.45) is -0.830. The molecule has 0 spiro atoms. The van der Waals surface area contributed by atoms with Crippen molar-refractivity contribution in [2.75, 3.05) is 18.2 Å². The molecule has 1 rings (SSSR count). The number of alkyl halides is 3. The number of nitrogens with one attached hydrogen (secondary N) is 2. The first-order chi connectivity index (χ1) is 8.38.